The van der Waals surface area contributed by atoms with Crippen LogP contribution in [-0.2, 0) is 4.79 Å². The summed E-state index contributed by atoms with van der Waals surface area (Å²) in [4.78, 5) is 12.3. The molecule has 1 heterocycles. The molecule has 1 aliphatic rings. The van der Waals surface area contributed by atoms with Gasteiger partial charge in [0, 0.05) is 0 Å². The number of Topliss-reactive ketones (excluding diaryl/α,β-unsaturated/α-hetero) is 1. The van der Waals surface area contributed by atoms with Crippen molar-refractivity contribution < 1.29 is 10.1 Å². The van der Waals surface area contributed by atoms with Gasteiger partial charge in [-0.2, -0.15) is 0 Å². The number of nitrogens with two attached hydrogens (primary N) is 1. The fraction of sp³-hybridized carbons (Fsp3) is 0.438. The molecule has 0 saturated carbocycles. The molecule has 1 aromatic rings. The Labute approximate surface area is 109 Å². The summed E-state index contributed by atoms with van der Waals surface area (Å²) < 4.78 is 0. The van der Waals surface area contributed by atoms with Crippen LogP contribution >= 0.6 is 0 Å². The van der Waals surface area contributed by atoms with Gasteiger partial charge in [-0.25, -0.2) is 0 Å². The van der Waals surface area contributed by atoms with Crippen LogP contribution in [0.3, 0.4) is 0 Å². The zero-order valence-electron chi connectivity index (χ0n) is 11.7. The summed E-state index contributed by atoms with van der Waals surface area (Å²) in [6, 6.07) is 10.1. The highest BCUT2D eigenvalue weighted by Gasteiger charge is 2.44. The van der Waals surface area contributed by atoms with Crippen LogP contribution in [-0.4, -0.2) is 16.9 Å². The molecule has 0 amide bonds. The van der Waals surface area contributed by atoms with E-state index in [9.17, 15) is 4.79 Å². The Morgan fingerprint density at radius 1 is 1.11 bits per heavy atom. The van der Waals surface area contributed by atoms with Crippen LogP contribution < -0.4 is 5.32 Å². The molecule has 2 nitrogen and oxygen atoms in total. The SMILES string of the molecule is CC1(C)CC(=O)C(=Cc2ccccc2)C(C)(C)[NH2+]1. The molecular weight excluding hydrogens is 222 g/mol. The standard InChI is InChI=1S/C16H21NO/c1-15(2)11-14(18)13(16(3,4)17-15)10-12-8-6-5-7-9-12/h5-10,17H,11H2,1-4H3/p+1. The lowest BCUT2D eigenvalue weighted by atomic mass is 9.77. The lowest BCUT2D eigenvalue weighted by molar-refractivity contribution is -0.772. The number of ketones is 1. The summed E-state index contributed by atoms with van der Waals surface area (Å²) in [5.41, 5.74) is 1.86. The predicted octanol–water partition coefficient (Wildman–Crippen LogP) is 2.16. The van der Waals surface area contributed by atoms with E-state index in [-0.39, 0.29) is 16.9 Å². The summed E-state index contributed by atoms with van der Waals surface area (Å²) in [5.74, 6) is 0.274. The fourth-order valence-electron chi connectivity index (χ4n) is 2.96. The Hall–Kier alpha value is -1.41. The molecule has 96 valence electrons. The minimum Gasteiger partial charge on any atom is -0.333 e. The second kappa shape index (κ2) is 4.36. The average molecular weight is 244 g/mol. The second-order valence-electron chi connectivity index (χ2n) is 6.42. The van der Waals surface area contributed by atoms with E-state index in [2.05, 4.69) is 33.0 Å². The topological polar surface area (TPSA) is 33.7 Å². The van der Waals surface area contributed by atoms with Crippen molar-refractivity contribution in [3.63, 3.8) is 0 Å². The minimum atomic E-state index is -0.158. The van der Waals surface area contributed by atoms with Crippen LogP contribution in [0.2, 0.25) is 0 Å². The Morgan fingerprint density at radius 2 is 1.72 bits per heavy atom. The van der Waals surface area contributed by atoms with Crippen molar-refractivity contribution in [2.75, 3.05) is 0 Å². The molecular formula is C16H22NO+. The molecule has 0 atom stereocenters. The molecule has 1 saturated heterocycles. The molecule has 1 aliphatic heterocycles. The number of benzene rings is 1. The number of rotatable bonds is 1. The first kappa shape index (κ1) is 13.0. The van der Waals surface area contributed by atoms with Crippen molar-refractivity contribution in [2.45, 2.75) is 45.2 Å². The van der Waals surface area contributed by atoms with Crippen molar-refractivity contribution in [2.24, 2.45) is 0 Å². The maximum atomic E-state index is 12.3. The van der Waals surface area contributed by atoms with Gasteiger partial charge >= 0.3 is 0 Å². The summed E-state index contributed by atoms with van der Waals surface area (Å²) in [5, 5.41) is 2.30. The van der Waals surface area contributed by atoms with E-state index >= 15 is 0 Å². The van der Waals surface area contributed by atoms with Crippen LogP contribution in [0.4, 0.5) is 0 Å². The monoisotopic (exact) mass is 244 g/mol. The first-order chi connectivity index (χ1) is 8.30. The highest BCUT2D eigenvalue weighted by molar-refractivity contribution is 6.02. The maximum Gasteiger partial charge on any atom is 0.171 e. The van der Waals surface area contributed by atoms with E-state index in [1.807, 2.05) is 36.4 Å². The molecule has 0 spiro atoms. The van der Waals surface area contributed by atoms with Crippen LogP contribution in [0.1, 0.15) is 39.7 Å². The van der Waals surface area contributed by atoms with E-state index in [0.717, 1.165) is 11.1 Å². The molecule has 1 fully saturated rings. The van der Waals surface area contributed by atoms with Crippen molar-refractivity contribution in [1.82, 2.24) is 0 Å². The highest BCUT2D eigenvalue weighted by Crippen LogP contribution is 2.25. The molecule has 1 aromatic carbocycles. The molecule has 2 heteroatoms. The van der Waals surface area contributed by atoms with Gasteiger partial charge in [0.15, 0.2) is 5.78 Å². The van der Waals surface area contributed by atoms with E-state index in [0.29, 0.717) is 6.42 Å². The van der Waals surface area contributed by atoms with Crippen molar-refractivity contribution in [1.29, 1.82) is 0 Å². The lowest BCUT2D eigenvalue weighted by Gasteiger charge is -2.39. The summed E-state index contributed by atoms with van der Waals surface area (Å²) in [7, 11) is 0. The smallest absolute Gasteiger partial charge is 0.171 e. The van der Waals surface area contributed by atoms with Gasteiger partial charge in [-0.15, -0.1) is 0 Å². The highest BCUT2D eigenvalue weighted by atomic mass is 16.1. The van der Waals surface area contributed by atoms with Crippen LogP contribution in [0.15, 0.2) is 35.9 Å². The molecule has 0 aromatic heterocycles. The minimum absolute atomic E-state index is 0.00535. The van der Waals surface area contributed by atoms with Crippen LogP contribution in [0.25, 0.3) is 6.08 Å². The predicted molar refractivity (Wildman–Crippen MR) is 74.1 cm³/mol. The fourth-order valence-corrected chi connectivity index (χ4v) is 2.96. The van der Waals surface area contributed by atoms with Gasteiger partial charge < -0.3 is 5.32 Å². The number of hydrogen-bond donors (Lipinski definition) is 1. The Balaban J connectivity index is 2.39. The van der Waals surface area contributed by atoms with Crippen LogP contribution in [0, 0.1) is 0 Å². The number of carbonyl (C=O) groups is 1. The van der Waals surface area contributed by atoms with Gasteiger partial charge in [0.1, 0.15) is 5.54 Å². The second-order valence-corrected chi connectivity index (χ2v) is 6.42. The summed E-state index contributed by atoms with van der Waals surface area (Å²) in [6.07, 6.45) is 2.64. The van der Waals surface area contributed by atoms with E-state index in [1.54, 1.807) is 0 Å². The Bertz CT molecular complexity index is 483. The molecule has 0 bridgehead atoms. The number of piperidine rings is 1. The third-order valence-electron chi connectivity index (χ3n) is 3.47. The van der Waals surface area contributed by atoms with E-state index < -0.39 is 0 Å². The normalized spacial score (nSPS) is 24.2. The molecule has 18 heavy (non-hydrogen) atoms. The van der Waals surface area contributed by atoms with Crippen molar-refractivity contribution in [3.8, 4) is 0 Å². The first-order valence-corrected chi connectivity index (χ1v) is 6.48. The third kappa shape index (κ3) is 2.70. The van der Waals surface area contributed by atoms with Gasteiger partial charge in [-0.3, -0.25) is 4.79 Å². The molecule has 2 rings (SSSR count). The van der Waals surface area contributed by atoms with E-state index in [1.165, 1.54) is 0 Å². The van der Waals surface area contributed by atoms with Gasteiger partial charge in [-0.05, 0) is 39.3 Å². The molecule has 0 aliphatic carbocycles. The maximum absolute atomic E-state index is 12.3. The molecule has 0 radical (unpaired) electrons. The Morgan fingerprint density at radius 3 is 2.28 bits per heavy atom. The first-order valence-electron chi connectivity index (χ1n) is 6.48. The quantitative estimate of drug-likeness (QED) is 0.755. The Kier molecular flexibility index (Phi) is 3.16. The summed E-state index contributed by atoms with van der Waals surface area (Å²) >= 11 is 0. The zero-order valence-corrected chi connectivity index (χ0v) is 11.7. The van der Waals surface area contributed by atoms with Crippen LogP contribution in [0.5, 0.6) is 0 Å². The third-order valence-corrected chi connectivity index (χ3v) is 3.47. The number of quaternary nitrogens is 1. The van der Waals surface area contributed by atoms with Gasteiger partial charge in [0.2, 0.25) is 0 Å². The number of hydrogen-bond acceptors (Lipinski definition) is 1. The molecule has 0 unspecified atom stereocenters. The van der Waals surface area contributed by atoms with Crippen molar-refractivity contribution >= 4 is 11.9 Å². The summed E-state index contributed by atoms with van der Waals surface area (Å²) in [6.45, 7) is 8.51. The average Bonchev–Trinajstić information content (AvgIpc) is 2.23. The van der Waals surface area contributed by atoms with E-state index in [4.69, 9.17) is 0 Å². The zero-order chi connectivity index (χ0) is 13.4. The molecule has 2 N–H and O–H groups in total. The largest absolute Gasteiger partial charge is 0.333 e. The lowest BCUT2D eigenvalue weighted by Crippen LogP contribution is -3.06. The van der Waals surface area contributed by atoms with Gasteiger partial charge in [0.25, 0.3) is 0 Å². The number of carbonyl (C=O) groups excluding carboxylic acids is 1. The van der Waals surface area contributed by atoms with Gasteiger partial charge in [0.05, 0.1) is 17.5 Å². The van der Waals surface area contributed by atoms with Gasteiger partial charge in [-0.1, -0.05) is 30.3 Å². The van der Waals surface area contributed by atoms with Crippen molar-refractivity contribution in [3.05, 3.63) is 41.5 Å².